The van der Waals surface area contributed by atoms with Crippen LogP contribution in [0.15, 0.2) is 16.7 Å². The molecule has 0 saturated carbocycles. The average Bonchev–Trinajstić information content (AvgIpc) is 2.01. The van der Waals surface area contributed by atoms with E-state index in [4.69, 9.17) is 5.11 Å². The molecule has 4 nitrogen and oxygen atoms in total. The molecule has 0 amide bonds. The van der Waals surface area contributed by atoms with Gasteiger partial charge in [0.15, 0.2) is 5.78 Å². The van der Waals surface area contributed by atoms with Gasteiger partial charge in [-0.25, -0.2) is 4.98 Å². The molecule has 0 spiro atoms. The molecular formula is C9H8BrNO3. The normalized spacial score (nSPS) is 9.86. The van der Waals surface area contributed by atoms with E-state index in [1.165, 1.54) is 13.0 Å². The van der Waals surface area contributed by atoms with Crippen LogP contribution in [0.5, 0.6) is 0 Å². The summed E-state index contributed by atoms with van der Waals surface area (Å²) in [5.74, 6) is -1.08. The van der Waals surface area contributed by atoms with Gasteiger partial charge in [-0.3, -0.25) is 9.59 Å². The topological polar surface area (TPSA) is 67.3 Å². The number of aromatic nitrogens is 1. The number of carbonyl (C=O) groups is 2. The van der Waals surface area contributed by atoms with Gasteiger partial charge in [-0.05, 0) is 35.0 Å². The zero-order chi connectivity index (χ0) is 10.7. The van der Waals surface area contributed by atoms with Gasteiger partial charge in [-0.1, -0.05) is 0 Å². The van der Waals surface area contributed by atoms with E-state index in [1.807, 2.05) is 0 Å². The van der Waals surface area contributed by atoms with Crippen molar-refractivity contribution >= 4 is 27.7 Å². The summed E-state index contributed by atoms with van der Waals surface area (Å²) in [5.41, 5.74) is 0.834. The first-order valence-corrected chi connectivity index (χ1v) is 4.67. The van der Waals surface area contributed by atoms with Crippen molar-refractivity contribution in [1.29, 1.82) is 0 Å². The fourth-order valence-corrected chi connectivity index (χ4v) is 1.47. The predicted molar refractivity (Wildman–Crippen MR) is 53.3 cm³/mol. The van der Waals surface area contributed by atoms with Gasteiger partial charge < -0.3 is 5.11 Å². The zero-order valence-corrected chi connectivity index (χ0v) is 9.04. The Bertz CT molecular complexity index is 390. The van der Waals surface area contributed by atoms with E-state index in [2.05, 4.69) is 20.9 Å². The van der Waals surface area contributed by atoms with Crippen molar-refractivity contribution < 1.29 is 14.7 Å². The van der Waals surface area contributed by atoms with Gasteiger partial charge in [0.1, 0.15) is 4.60 Å². The van der Waals surface area contributed by atoms with Crippen LogP contribution in [0.4, 0.5) is 0 Å². The van der Waals surface area contributed by atoms with E-state index in [-0.39, 0.29) is 12.2 Å². The summed E-state index contributed by atoms with van der Waals surface area (Å²) < 4.78 is 0.474. The number of carbonyl (C=O) groups excluding carboxylic acids is 1. The molecule has 5 heteroatoms. The standard InChI is InChI=1S/C9H8BrNO3/c1-5(12)6-2-7(4-9(13)14)11-8(10)3-6/h2-3H,4H2,1H3,(H,13,14). The maximum absolute atomic E-state index is 11.0. The highest BCUT2D eigenvalue weighted by molar-refractivity contribution is 9.10. The number of Topliss-reactive ketones (excluding diaryl/α,β-unsaturated/α-hetero) is 1. The predicted octanol–water partition coefficient (Wildman–Crippen LogP) is 1.67. The van der Waals surface area contributed by atoms with Gasteiger partial charge in [0, 0.05) is 5.56 Å². The number of hydrogen-bond acceptors (Lipinski definition) is 3. The minimum atomic E-state index is -0.967. The molecule has 0 unspecified atom stereocenters. The number of carboxylic acids is 1. The molecule has 0 aliphatic carbocycles. The Morgan fingerprint density at radius 2 is 2.14 bits per heavy atom. The second kappa shape index (κ2) is 4.32. The third kappa shape index (κ3) is 2.92. The van der Waals surface area contributed by atoms with Crippen LogP contribution in [-0.2, 0) is 11.2 Å². The maximum Gasteiger partial charge on any atom is 0.309 e. The molecular weight excluding hydrogens is 250 g/mol. The van der Waals surface area contributed by atoms with Crippen LogP contribution < -0.4 is 0 Å². The summed E-state index contributed by atoms with van der Waals surface area (Å²) >= 11 is 3.11. The van der Waals surface area contributed by atoms with E-state index < -0.39 is 5.97 Å². The third-order valence-electron chi connectivity index (χ3n) is 1.59. The van der Waals surface area contributed by atoms with Crippen molar-refractivity contribution in [3.8, 4) is 0 Å². The monoisotopic (exact) mass is 257 g/mol. The Hall–Kier alpha value is -1.23. The Balaban J connectivity index is 3.07. The number of halogens is 1. The molecule has 1 heterocycles. The summed E-state index contributed by atoms with van der Waals surface area (Å²) in [6.07, 6.45) is -0.181. The first-order valence-electron chi connectivity index (χ1n) is 3.88. The summed E-state index contributed by atoms with van der Waals surface area (Å²) in [5, 5.41) is 8.55. The van der Waals surface area contributed by atoms with Crippen molar-refractivity contribution in [3.63, 3.8) is 0 Å². The smallest absolute Gasteiger partial charge is 0.309 e. The van der Waals surface area contributed by atoms with E-state index in [1.54, 1.807) is 6.07 Å². The fraction of sp³-hybridized carbons (Fsp3) is 0.222. The van der Waals surface area contributed by atoms with E-state index >= 15 is 0 Å². The molecule has 0 bridgehead atoms. The molecule has 74 valence electrons. The van der Waals surface area contributed by atoms with Crippen LogP contribution in [0.2, 0.25) is 0 Å². The van der Waals surface area contributed by atoms with Gasteiger partial charge in [0.25, 0.3) is 0 Å². The fourth-order valence-electron chi connectivity index (χ4n) is 1.000. The lowest BCUT2D eigenvalue weighted by molar-refractivity contribution is -0.136. The minimum absolute atomic E-state index is 0.111. The number of nitrogens with zero attached hydrogens (tertiary/aromatic N) is 1. The van der Waals surface area contributed by atoms with Crippen molar-refractivity contribution in [3.05, 3.63) is 28.0 Å². The van der Waals surface area contributed by atoms with E-state index in [9.17, 15) is 9.59 Å². The van der Waals surface area contributed by atoms with Gasteiger partial charge in [-0.15, -0.1) is 0 Å². The highest BCUT2D eigenvalue weighted by Gasteiger charge is 2.07. The van der Waals surface area contributed by atoms with Crippen LogP contribution >= 0.6 is 15.9 Å². The van der Waals surface area contributed by atoms with Gasteiger partial charge in [0.2, 0.25) is 0 Å². The highest BCUT2D eigenvalue weighted by Crippen LogP contribution is 2.12. The lowest BCUT2D eigenvalue weighted by atomic mass is 10.1. The number of ketones is 1. The van der Waals surface area contributed by atoms with Crippen LogP contribution in [-0.4, -0.2) is 21.8 Å². The Morgan fingerprint density at radius 3 is 2.64 bits per heavy atom. The van der Waals surface area contributed by atoms with Crippen LogP contribution in [0.25, 0.3) is 0 Å². The second-order valence-corrected chi connectivity index (χ2v) is 3.61. The van der Waals surface area contributed by atoms with Crippen LogP contribution in [0.3, 0.4) is 0 Å². The Kier molecular flexibility index (Phi) is 3.35. The van der Waals surface area contributed by atoms with Gasteiger partial charge in [0.05, 0.1) is 12.1 Å². The third-order valence-corrected chi connectivity index (χ3v) is 1.99. The van der Waals surface area contributed by atoms with Crippen molar-refractivity contribution in [2.24, 2.45) is 0 Å². The van der Waals surface area contributed by atoms with Crippen molar-refractivity contribution in [1.82, 2.24) is 4.98 Å². The summed E-state index contributed by atoms with van der Waals surface area (Å²) in [4.78, 5) is 25.4. The van der Waals surface area contributed by atoms with E-state index in [0.29, 0.717) is 15.9 Å². The minimum Gasteiger partial charge on any atom is -0.481 e. The lowest BCUT2D eigenvalue weighted by Crippen LogP contribution is -2.04. The average molecular weight is 258 g/mol. The Morgan fingerprint density at radius 1 is 1.50 bits per heavy atom. The summed E-state index contributed by atoms with van der Waals surface area (Å²) in [6, 6.07) is 3.05. The molecule has 0 saturated heterocycles. The summed E-state index contributed by atoms with van der Waals surface area (Å²) in [7, 11) is 0. The lowest BCUT2D eigenvalue weighted by Gasteiger charge is -2.01. The second-order valence-electron chi connectivity index (χ2n) is 2.80. The molecule has 0 aromatic carbocycles. The molecule has 0 fully saturated rings. The summed E-state index contributed by atoms with van der Waals surface area (Å²) in [6.45, 7) is 1.42. The molecule has 0 radical (unpaired) electrons. The van der Waals surface area contributed by atoms with E-state index in [0.717, 1.165) is 0 Å². The molecule has 1 aromatic heterocycles. The number of aliphatic carboxylic acids is 1. The van der Waals surface area contributed by atoms with Crippen LogP contribution in [0.1, 0.15) is 23.0 Å². The molecule has 0 aliphatic heterocycles. The molecule has 0 aliphatic rings. The largest absolute Gasteiger partial charge is 0.481 e. The molecule has 14 heavy (non-hydrogen) atoms. The van der Waals surface area contributed by atoms with Crippen molar-refractivity contribution in [2.75, 3.05) is 0 Å². The number of hydrogen-bond donors (Lipinski definition) is 1. The molecule has 0 atom stereocenters. The zero-order valence-electron chi connectivity index (χ0n) is 7.45. The molecule has 1 aromatic rings. The molecule has 1 N–H and O–H groups in total. The van der Waals surface area contributed by atoms with Crippen molar-refractivity contribution in [2.45, 2.75) is 13.3 Å². The highest BCUT2D eigenvalue weighted by atomic mass is 79.9. The quantitative estimate of drug-likeness (QED) is 0.661. The SMILES string of the molecule is CC(=O)c1cc(Br)nc(CC(=O)O)c1. The van der Waals surface area contributed by atoms with Crippen LogP contribution in [0, 0.1) is 0 Å². The number of carboxylic acid groups (broad SMARTS) is 1. The van der Waals surface area contributed by atoms with Gasteiger partial charge >= 0.3 is 5.97 Å². The number of pyridine rings is 1. The first kappa shape index (κ1) is 10.8. The van der Waals surface area contributed by atoms with Gasteiger partial charge in [-0.2, -0.15) is 0 Å². The molecule has 1 rings (SSSR count). The first-order chi connectivity index (χ1) is 6.49. The maximum atomic E-state index is 11.0. The Labute approximate surface area is 89.1 Å². The number of rotatable bonds is 3.